The van der Waals surface area contributed by atoms with Gasteiger partial charge in [-0.05, 0) is 62.4 Å². The van der Waals surface area contributed by atoms with Crippen molar-refractivity contribution in [3.63, 3.8) is 0 Å². The summed E-state index contributed by atoms with van der Waals surface area (Å²) in [5, 5.41) is 3.08. The van der Waals surface area contributed by atoms with Crippen LogP contribution < -0.4 is 9.62 Å². The molecule has 0 fully saturated rings. The molecule has 0 bridgehead atoms. The average molecular weight is 578 g/mol. The van der Waals surface area contributed by atoms with Gasteiger partial charge in [-0.3, -0.25) is 13.9 Å². The van der Waals surface area contributed by atoms with Crippen LogP contribution in [-0.2, 0) is 32.6 Å². The van der Waals surface area contributed by atoms with E-state index in [0.717, 1.165) is 28.7 Å². The summed E-state index contributed by atoms with van der Waals surface area (Å²) in [5.41, 5.74) is 4.49. The van der Waals surface area contributed by atoms with Crippen LogP contribution in [0.15, 0.2) is 78.9 Å². The maximum absolute atomic E-state index is 13.9. The normalized spacial score (nSPS) is 12.8. The minimum atomic E-state index is -3.55. The van der Waals surface area contributed by atoms with E-state index in [1.165, 1.54) is 10.6 Å². The summed E-state index contributed by atoms with van der Waals surface area (Å²) < 4.78 is 26.6. The Bertz CT molecular complexity index is 1410. The number of benzene rings is 3. The fourth-order valence-corrected chi connectivity index (χ4v) is 5.75. The van der Waals surface area contributed by atoms with Crippen LogP contribution in [0.5, 0.6) is 0 Å². The second-order valence-electron chi connectivity index (χ2n) is 10.8. The minimum absolute atomic E-state index is 0.0330. The second-order valence-corrected chi connectivity index (χ2v) is 12.7. The highest BCUT2D eigenvalue weighted by Crippen LogP contribution is 2.21. The van der Waals surface area contributed by atoms with Crippen LogP contribution in [0.3, 0.4) is 0 Å². The summed E-state index contributed by atoms with van der Waals surface area (Å²) >= 11 is 0. The molecule has 0 heterocycles. The summed E-state index contributed by atoms with van der Waals surface area (Å²) in [4.78, 5) is 29.2. The van der Waals surface area contributed by atoms with Crippen molar-refractivity contribution < 1.29 is 18.0 Å². The molecule has 0 radical (unpaired) electrons. The van der Waals surface area contributed by atoms with Crippen molar-refractivity contribution in [3.05, 3.63) is 101 Å². The molecule has 220 valence electrons. The monoisotopic (exact) mass is 577 g/mol. The second kappa shape index (κ2) is 14.8. The molecular weight excluding hydrogens is 534 g/mol. The minimum Gasteiger partial charge on any atom is -0.352 e. The number of hydrogen-bond donors (Lipinski definition) is 1. The predicted molar refractivity (Wildman–Crippen MR) is 166 cm³/mol. The van der Waals surface area contributed by atoms with Gasteiger partial charge in [-0.1, -0.05) is 79.2 Å². The Hall–Kier alpha value is -3.65. The number of rotatable bonds is 14. The molecular formula is C33H43N3O4S. The number of hydrogen-bond acceptors (Lipinski definition) is 4. The molecule has 2 atom stereocenters. The summed E-state index contributed by atoms with van der Waals surface area (Å²) in [6.07, 6.45) is 2.74. The Balaban J connectivity index is 1.89. The number of sulfonamides is 1. The molecule has 0 unspecified atom stereocenters. The van der Waals surface area contributed by atoms with Crippen LogP contribution in [0.1, 0.15) is 55.4 Å². The van der Waals surface area contributed by atoms with E-state index in [4.69, 9.17) is 0 Å². The van der Waals surface area contributed by atoms with Gasteiger partial charge in [0.25, 0.3) is 0 Å². The first-order chi connectivity index (χ1) is 19.5. The molecule has 7 nitrogen and oxygen atoms in total. The van der Waals surface area contributed by atoms with Gasteiger partial charge in [-0.2, -0.15) is 0 Å². The topological polar surface area (TPSA) is 86.8 Å². The molecule has 0 aliphatic rings. The Kier molecular flexibility index (Phi) is 11.5. The van der Waals surface area contributed by atoms with E-state index in [0.29, 0.717) is 18.5 Å². The van der Waals surface area contributed by atoms with E-state index >= 15 is 0 Å². The van der Waals surface area contributed by atoms with Gasteiger partial charge in [-0.25, -0.2) is 8.42 Å². The standard InChI is InChI=1S/C33H43N3O4S/c1-6-27(4)34-33(38)31(23-28-15-8-7-9-16-28)35(24-29-17-10-13-25(2)21-29)32(37)19-12-20-36(41(5,39)40)30-18-11-14-26(3)22-30/h7-11,13-18,21-22,27,31H,6,12,19-20,23-24H2,1-5H3,(H,34,38)/t27-,31-/m0/s1. The van der Waals surface area contributed by atoms with Crippen molar-refractivity contribution in [2.75, 3.05) is 17.1 Å². The first kappa shape index (κ1) is 31.9. The highest BCUT2D eigenvalue weighted by Gasteiger charge is 2.31. The van der Waals surface area contributed by atoms with Gasteiger partial charge in [0.1, 0.15) is 6.04 Å². The molecule has 3 aromatic rings. The quantitative estimate of drug-likeness (QED) is 0.278. The van der Waals surface area contributed by atoms with Crippen LogP contribution >= 0.6 is 0 Å². The molecule has 41 heavy (non-hydrogen) atoms. The van der Waals surface area contributed by atoms with E-state index < -0.39 is 16.1 Å². The average Bonchev–Trinajstić information content (AvgIpc) is 2.92. The van der Waals surface area contributed by atoms with Crippen LogP contribution in [0.2, 0.25) is 0 Å². The van der Waals surface area contributed by atoms with Crippen molar-refractivity contribution in [1.82, 2.24) is 10.2 Å². The van der Waals surface area contributed by atoms with Gasteiger partial charge >= 0.3 is 0 Å². The number of anilines is 1. The lowest BCUT2D eigenvalue weighted by Crippen LogP contribution is -2.52. The van der Waals surface area contributed by atoms with Crippen LogP contribution in [-0.4, -0.2) is 50.0 Å². The zero-order chi connectivity index (χ0) is 30.0. The molecule has 0 saturated carbocycles. The first-order valence-electron chi connectivity index (χ1n) is 14.2. The summed E-state index contributed by atoms with van der Waals surface area (Å²) in [6, 6.07) is 24.2. The van der Waals surface area contributed by atoms with Crippen molar-refractivity contribution in [2.24, 2.45) is 0 Å². The molecule has 0 aliphatic heterocycles. The van der Waals surface area contributed by atoms with Gasteiger partial charge in [0.2, 0.25) is 21.8 Å². The molecule has 3 aromatic carbocycles. The van der Waals surface area contributed by atoms with Crippen LogP contribution in [0.4, 0.5) is 5.69 Å². The van der Waals surface area contributed by atoms with Gasteiger partial charge in [-0.15, -0.1) is 0 Å². The van der Waals surface area contributed by atoms with E-state index in [1.807, 2.05) is 100 Å². The highest BCUT2D eigenvalue weighted by molar-refractivity contribution is 7.92. The zero-order valence-electron chi connectivity index (χ0n) is 24.8. The number of aryl methyl sites for hydroxylation is 2. The fraction of sp³-hybridized carbons (Fsp3) is 0.394. The smallest absolute Gasteiger partial charge is 0.243 e. The third-order valence-corrected chi connectivity index (χ3v) is 8.34. The van der Waals surface area contributed by atoms with Gasteiger partial charge < -0.3 is 10.2 Å². The lowest BCUT2D eigenvalue weighted by molar-refractivity contribution is -0.141. The maximum Gasteiger partial charge on any atom is 0.243 e. The molecule has 0 aromatic heterocycles. The predicted octanol–water partition coefficient (Wildman–Crippen LogP) is 5.40. The molecule has 0 aliphatic carbocycles. The highest BCUT2D eigenvalue weighted by atomic mass is 32.2. The number of nitrogens with zero attached hydrogens (tertiary/aromatic N) is 2. The maximum atomic E-state index is 13.9. The van der Waals surface area contributed by atoms with Crippen molar-refractivity contribution in [3.8, 4) is 0 Å². The summed E-state index contributed by atoms with van der Waals surface area (Å²) in [5.74, 6) is -0.383. The Morgan fingerprint density at radius 3 is 2.12 bits per heavy atom. The van der Waals surface area contributed by atoms with Crippen molar-refractivity contribution in [2.45, 2.75) is 72.0 Å². The lowest BCUT2D eigenvalue weighted by Gasteiger charge is -2.33. The van der Waals surface area contributed by atoms with Crippen LogP contribution in [0, 0.1) is 13.8 Å². The lowest BCUT2D eigenvalue weighted by atomic mass is 10.0. The Morgan fingerprint density at radius 1 is 0.878 bits per heavy atom. The number of carbonyl (C=O) groups excluding carboxylic acids is 2. The number of carbonyl (C=O) groups is 2. The van der Waals surface area contributed by atoms with Gasteiger partial charge in [0.05, 0.1) is 11.9 Å². The van der Waals surface area contributed by atoms with E-state index in [9.17, 15) is 18.0 Å². The molecule has 8 heteroatoms. The fourth-order valence-electron chi connectivity index (χ4n) is 4.79. The van der Waals surface area contributed by atoms with Crippen molar-refractivity contribution in [1.29, 1.82) is 0 Å². The molecule has 3 rings (SSSR count). The summed E-state index contributed by atoms with van der Waals surface area (Å²) in [7, 11) is -3.55. The van der Waals surface area contributed by atoms with E-state index in [2.05, 4.69) is 5.32 Å². The molecule has 1 N–H and O–H groups in total. The van der Waals surface area contributed by atoms with E-state index in [-0.39, 0.29) is 37.4 Å². The SMILES string of the molecule is CC[C@H](C)NC(=O)[C@H](Cc1ccccc1)N(Cc1cccc(C)c1)C(=O)CCCN(c1cccc(C)c1)S(C)(=O)=O. The van der Waals surface area contributed by atoms with Gasteiger partial charge in [0, 0.05) is 32.0 Å². The number of amides is 2. The van der Waals surface area contributed by atoms with Crippen molar-refractivity contribution >= 4 is 27.5 Å². The third kappa shape index (κ3) is 9.74. The Labute approximate surface area is 245 Å². The Morgan fingerprint density at radius 2 is 1.51 bits per heavy atom. The largest absolute Gasteiger partial charge is 0.352 e. The van der Waals surface area contributed by atoms with Gasteiger partial charge in [0.15, 0.2) is 0 Å². The van der Waals surface area contributed by atoms with Crippen LogP contribution in [0.25, 0.3) is 0 Å². The van der Waals surface area contributed by atoms with E-state index in [1.54, 1.807) is 11.0 Å². The number of nitrogens with one attached hydrogen (secondary N) is 1. The molecule has 0 spiro atoms. The first-order valence-corrected chi connectivity index (χ1v) is 16.1. The molecule has 2 amide bonds. The third-order valence-electron chi connectivity index (χ3n) is 7.15. The zero-order valence-corrected chi connectivity index (χ0v) is 25.7. The summed E-state index contributed by atoms with van der Waals surface area (Å²) in [6.45, 7) is 8.31. The molecule has 0 saturated heterocycles.